The zero-order chi connectivity index (χ0) is 39.9. The molecule has 0 spiro atoms. The number of rotatable bonds is 6. The molecule has 8 nitrogen and oxygen atoms in total. The summed E-state index contributed by atoms with van der Waals surface area (Å²) in [6.45, 7) is 18.1. The number of nitrogens with zero attached hydrogens (tertiary/aromatic N) is 4. The van der Waals surface area contributed by atoms with Gasteiger partial charge in [-0.15, -0.1) is 0 Å². The Balaban J connectivity index is 1.27. The second kappa shape index (κ2) is 14.5. The number of hydrogen-bond donors (Lipinski definition) is 0. The van der Waals surface area contributed by atoms with Gasteiger partial charge in [-0.1, -0.05) is 111 Å². The molecule has 2 aliphatic rings. The van der Waals surface area contributed by atoms with Crippen LogP contribution in [0.25, 0.3) is 16.3 Å². The molecule has 0 radical (unpaired) electrons. The first-order chi connectivity index (χ1) is 25.8. The Bertz CT molecular complexity index is 2530. The lowest BCUT2D eigenvalue weighted by Crippen LogP contribution is -2.27. The SMILES string of the molecule is CC(C)(C)C1=CC(=CN=Nc2ccc(S(=O)(=O)c3ccc(N=NC=C4C=C(C(C)(C)C)C(=O)c5ccccc54)cc3)c3ccccc23)C=C(C(C)(C)C)C1=O. The highest BCUT2D eigenvalue weighted by atomic mass is 32.2. The van der Waals surface area contributed by atoms with Crippen LogP contribution in [0.4, 0.5) is 11.4 Å². The Morgan fingerprint density at radius 2 is 1.05 bits per heavy atom. The average Bonchev–Trinajstić information content (AvgIpc) is 3.12. The summed E-state index contributed by atoms with van der Waals surface area (Å²) in [7, 11) is -3.93. The molecule has 0 aromatic heterocycles. The van der Waals surface area contributed by atoms with Gasteiger partial charge >= 0.3 is 0 Å². The summed E-state index contributed by atoms with van der Waals surface area (Å²) in [6, 6.07) is 24.1. The Labute approximate surface area is 323 Å². The summed E-state index contributed by atoms with van der Waals surface area (Å²) >= 11 is 0. The van der Waals surface area contributed by atoms with Crippen LogP contribution < -0.4 is 0 Å². The van der Waals surface area contributed by atoms with E-state index in [0.717, 1.165) is 16.7 Å². The normalized spacial score (nSPS) is 16.5. The Hall–Kier alpha value is -5.67. The number of ketones is 2. The second-order valence-corrected chi connectivity index (χ2v) is 18.8. The van der Waals surface area contributed by atoms with E-state index in [2.05, 4.69) is 20.5 Å². The molecule has 0 bridgehead atoms. The number of allylic oxidation sites excluding steroid dienone is 8. The second-order valence-electron chi connectivity index (χ2n) is 16.9. The minimum absolute atomic E-state index is 0.00693. The van der Waals surface area contributed by atoms with Crippen LogP contribution in [0.15, 0.2) is 168 Å². The van der Waals surface area contributed by atoms with Crippen molar-refractivity contribution >= 4 is 49.1 Å². The van der Waals surface area contributed by atoms with Gasteiger partial charge in [-0.3, -0.25) is 9.59 Å². The topological polar surface area (TPSA) is 118 Å². The fraction of sp³-hybridized carbons (Fsp3) is 0.261. The molecule has 0 saturated heterocycles. The monoisotopic (exact) mass is 750 g/mol. The number of carbonyl (C=O) groups is 2. The van der Waals surface area contributed by atoms with Crippen LogP contribution in [0, 0.1) is 16.2 Å². The number of Topliss-reactive ketones (excluding diaryl/α,β-unsaturated/α-hetero) is 2. The van der Waals surface area contributed by atoms with E-state index in [9.17, 15) is 18.0 Å². The third kappa shape index (κ3) is 8.08. The molecular formula is C46H46N4O4S. The van der Waals surface area contributed by atoms with Crippen LogP contribution >= 0.6 is 0 Å². The lowest BCUT2D eigenvalue weighted by atomic mass is 9.72. The fourth-order valence-electron chi connectivity index (χ4n) is 6.59. The highest BCUT2D eigenvalue weighted by Gasteiger charge is 2.34. The molecule has 4 aromatic rings. The predicted molar refractivity (Wildman–Crippen MR) is 219 cm³/mol. The lowest BCUT2D eigenvalue weighted by molar-refractivity contribution is -0.114. The first kappa shape index (κ1) is 39.0. The number of azo groups is 2. The summed E-state index contributed by atoms with van der Waals surface area (Å²) < 4.78 is 28.0. The molecule has 280 valence electrons. The minimum atomic E-state index is -3.93. The van der Waals surface area contributed by atoms with E-state index in [4.69, 9.17) is 0 Å². The van der Waals surface area contributed by atoms with Crippen LogP contribution in [0.5, 0.6) is 0 Å². The van der Waals surface area contributed by atoms with Crippen LogP contribution in [0.2, 0.25) is 0 Å². The van der Waals surface area contributed by atoms with E-state index in [1.165, 1.54) is 12.1 Å². The van der Waals surface area contributed by atoms with Crippen molar-refractivity contribution in [2.45, 2.75) is 72.1 Å². The van der Waals surface area contributed by atoms with Crippen molar-refractivity contribution in [2.24, 2.45) is 36.7 Å². The zero-order valence-electron chi connectivity index (χ0n) is 32.8. The van der Waals surface area contributed by atoms with Crippen molar-refractivity contribution in [1.29, 1.82) is 0 Å². The van der Waals surface area contributed by atoms with Crippen LogP contribution in [0.3, 0.4) is 0 Å². The lowest BCUT2D eigenvalue weighted by Gasteiger charge is -2.31. The van der Waals surface area contributed by atoms with Gasteiger partial charge in [0.05, 0.1) is 33.6 Å². The average molecular weight is 751 g/mol. The number of benzene rings is 4. The van der Waals surface area contributed by atoms with Gasteiger partial charge < -0.3 is 0 Å². The number of fused-ring (bicyclic) bond motifs is 2. The summed E-state index contributed by atoms with van der Waals surface area (Å²) in [5, 5.41) is 18.7. The van der Waals surface area contributed by atoms with E-state index in [0.29, 0.717) is 44.4 Å². The van der Waals surface area contributed by atoms with Crippen molar-refractivity contribution in [2.75, 3.05) is 0 Å². The Morgan fingerprint density at radius 1 is 0.527 bits per heavy atom. The van der Waals surface area contributed by atoms with Crippen LogP contribution in [-0.2, 0) is 14.6 Å². The van der Waals surface area contributed by atoms with Gasteiger partial charge in [0.15, 0.2) is 11.6 Å². The summed E-state index contributed by atoms with van der Waals surface area (Å²) in [5.74, 6) is 0.0502. The smallest absolute Gasteiger partial charge is 0.207 e. The molecule has 0 heterocycles. The zero-order valence-corrected chi connectivity index (χ0v) is 33.6. The van der Waals surface area contributed by atoms with Crippen LogP contribution in [0.1, 0.15) is 78.2 Å². The highest BCUT2D eigenvalue weighted by molar-refractivity contribution is 7.91. The first-order valence-corrected chi connectivity index (χ1v) is 19.7. The van der Waals surface area contributed by atoms with Gasteiger partial charge in [0.1, 0.15) is 0 Å². The molecule has 6 rings (SSSR count). The van der Waals surface area contributed by atoms with E-state index < -0.39 is 9.84 Å². The van der Waals surface area contributed by atoms with Crippen molar-refractivity contribution < 1.29 is 18.0 Å². The summed E-state index contributed by atoms with van der Waals surface area (Å²) in [4.78, 5) is 26.7. The number of carbonyl (C=O) groups excluding carboxylic acids is 2. The summed E-state index contributed by atoms with van der Waals surface area (Å²) in [6.07, 6.45) is 8.86. The molecule has 0 saturated carbocycles. The maximum atomic E-state index is 14.0. The van der Waals surface area contributed by atoms with Gasteiger partial charge in [-0.2, -0.15) is 20.5 Å². The van der Waals surface area contributed by atoms with E-state index in [1.807, 2.05) is 117 Å². The predicted octanol–water partition coefficient (Wildman–Crippen LogP) is 12.5. The minimum Gasteiger partial charge on any atom is -0.289 e. The van der Waals surface area contributed by atoms with Crippen molar-refractivity contribution in [3.05, 3.63) is 149 Å². The molecule has 9 heteroatoms. The Kier molecular flexibility index (Phi) is 10.3. The molecule has 2 aliphatic carbocycles. The third-order valence-corrected chi connectivity index (χ3v) is 11.4. The molecule has 0 amide bonds. The molecule has 4 aromatic carbocycles. The largest absolute Gasteiger partial charge is 0.289 e. The van der Waals surface area contributed by atoms with E-state index >= 15 is 0 Å². The van der Waals surface area contributed by atoms with Crippen LogP contribution in [-0.4, -0.2) is 20.0 Å². The van der Waals surface area contributed by atoms with Gasteiger partial charge in [0.2, 0.25) is 9.84 Å². The van der Waals surface area contributed by atoms with E-state index in [-0.39, 0.29) is 37.6 Å². The first-order valence-electron chi connectivity index (χ1n) is 18.2. The molecule has 55 heavy (non-hydrogen) atoms. The number of hydrogen-bond acceptors (Lipinski definition) is 8. The molecule has 0 aliphatic heterocycles. The summed E-state index contributed by atoms with van der Waals surface area (Å²) in [5.41, 5.74) is 5.02. The number of sulfone groups is 1. The van der Waals surface area contributed by atoms with Crippen molar-refractivity contribution in [1.82, 2.24) is 0 Å². The fourth-order valence-corrected chi connectivity index (χ4v) is 8.06. The molecule has 0 atom stereocenters. The maximum absolute atomic E-state index is 14.0. The molecular weight excluding hydrogens is 705 g/mol. The van der Waals surface area contributed by atoms with Crippen molar-refractivity contribution in [3.8, 4) is 0 Å². The molecule has 0 unspecified atom stereocenters. The molecule has 0 N–H and O–H groups in total. The van der Waals surface area contributed by atoms with Gasteiger partial charge in [0.25, 0.3) is 0 Å². The highest BCUT2D eigenvalue weighted by Crippen LogP contribution is 2.40. The van der Waals surface area contributed by atoms with Crippen molar-refractivity contribution in [3.63, 3.8) is 0 Å². The third-order valence-electron chi connectivity index (χ3n) is 9.60. The standard InChI is InChI=1S/C46H46N4O4S/c1-44(2,3)37-24-29(25-38(43(37)52)45(4,5)6)27-47-50-40-22-23-41(35-16-12-11-15-34(35)40)55(53,54)32-20-18-31(19-21-32)49-48-28-30-26-39(46(7,8)9)42(51)36-17-13-10-14-33(30)36/h10-28H,1-9H3. The van der Waals surface area contributed by atoms with E-state index in [1.54, 1.807) is 48.8 Å². The molecule has 0 fully saturated rings. The van der Waals surface area contributed by atoms with Gasteiger partial charge in [0, 0.05) is 38.6 Å². The van der Waals surface area contributed by atoms with Gasteiger partial charge in [-0.05, 0) is 82.0 Å². The Morgan fingerprint density at radius 3 is 1.65 bits per heavy atom. The quantitative estimate of drug-likeness (QED) is 0.182. The van der Waals surface area contributed by atoms with Gasteiger partial charge in [-0.25, -0.2) is 8.42 Å². The maximum Gasteiger partial charge on any atom is 0.207 e.